The Morgan fingerprint density at radius 2 is 1.79 bits per heavy atom. The lowest BCUT2D eigenvalue weighted by Crippen LogP contribution is -2.51. The van der Waals surface area contributed by atoms with Crippen LogP contribution in [0.3, 0.4) is 0 Å². The van der Waals surface area contributed by atoms with E-state index in [4.69, 9.17) is 4.74 Å². The third-order valence-electron chi connectivity index (χ3n) is 7.84. The van der Waals surface area contributed by atoms with Crippen LogP contribution in [0.5, 0.6) is 0 Å². The van der Waals surface area contributed by atoms with E-state index < -0.39 is 0 Å². The van der Waals surface area contributed by atoms with Gasteiger partial charge in [0, 0.05) is 43.7 Å². The first-order chi connectivity index (χ1) is 13.9. The van der Waals surface area contributed by atoms with Crippen molar-refractivity contribution in [1.29, 1.82) is 0 Å². The van der Waals surface area contributed by atoms with Crippen molar-refractivity contribution in [2.75, 3.05) is 39.3 Å². The molecule has 4 aliphatic rings. The monoisotopic (exact) mass is 403 g/mol. The molecule has 0 aromatic heterocycles. The van der Waals surface area contributed by atoms with Crippen LogP contribution in [0.2, 0.25) is 0 Å². The molecule has 29 heavy (non-hydrogen) atoms. The quantitative estimate of drug-likeness (QED) is 0.707. The van der Waals surface area contributed by atoms with Gasteiger partial charge in [-0.1, -0.05) is 6.92 Å². The van der Waals surface area contributed by atoms with Crippen LogP contribution in [0.1, 0.15) is 65.7 Å². The standard InChI is InChI=1S/C23H37N3O3/c1-4-29-22(28)25-11-7-19(8-12-25)24-13-9-23(10-14-24)16-26(18(3)27)21-6-5-17(2)15-20(21)23/h17,19H,4-16H2,1-3H3. The number of hydrogen-bond donors (Lipinski definition) is 0. The Morgan fingerprint density at radius 3 is 2.41 bits per heavy atom. The van der Waals surface area contributed by atoms with Crippen LogP contribution in [-0.4, -0.2) is 72.1 Å². The van der Waals surface area contributed by atoms with Gasteiger partial charge in [0.05, 0.1) is 6.61 Å². The van der Waals surface area contributed by atoms with E-state index in [1.165, 1.54) is 31.4 Å². The minimum atomic E-state index is -0.162. The normalized spacial score (nSPS) is 28.0. The topological polar surface area (TPSA) is 53.1 Å². The van der Waals surface area contributed by atoms with Crippen LogP contribution in [-0.2, 0) is 9.53 Å². The molecule has 2 fully saturated rings. The second-order valence-corrected chi connectivity index (χ2v) is 9.61. The van der Waals surface area contributed by atoms with Crippen LogP contribution in [0.25, 0.3) is 0 Å². The number of nitrogens with zero attached hydrogens (tertiary/aromatic N) is 3. The Bertz CT molecular complexity index is 673. The van der Waals surface area contributed by atoms with Crippen LogP contribution >= 0.6 is 0 Å². The van der Waals surface area contributed by atoms with Gasteiger partial charge in [-0.25, -0.2) is 4.79 Å². The van der Waals surface area contributed by atoms with E-state index in [2.05, 4.69) is 16.7 Å². The van der Waals surface area contributed by atoms with Crippen molar-refractivity contribution >= 4 is 12.0 Å². The maximum absolute atomic E-state index is 12.3. The second kappa shape index (κ2) is 8.29. The zero-order valence-electron chi connectivity index (χ0n) is 18.4. The maximum atomic E-state index is 12.3. The number of ether oxygens (including phenoxy) is 1. The molecule has 6 heteroatoms. The highest BCUT2D eigenvalue weighted by Crippen LogP contribution is 2.52. The smallest absolute Gasteiger partial charge is 0.409 e. The first-order valence-electron chi connectivity index (χ1n) is 11.6. The molecular formula is C23H37N3O3. The molecule has 0 aromatic carbocycles. The lowest BCUT2D eigenvalue weighted by atomic mass is 9.69. The average Bonchev–Trinajstić information content (AvgIpc) is 3.03. The summed E-state index contributed by atoms with van der Waals surface area (Å²) in [6.45, 7) is 11.1. The first kappa shape index (κ1) is 20.7. The highest BCUT2D eigenvalue weighted by Gasteiger charge is 2.49. The molecule has 0 radical (unpaired) electrons. The molecule has 0 saturated carbocycles. The Morgan fingerprint density at radius 1 is 1.10 bits per heavy atom. The summed E-state index contributed by atoms with van der Waals surface area (Å²) in [5.74, 6) is 0.959. The number of carbonyl (C=O) groups is 2. The van der Waals surface area contributed by atoms with Crippen molar-refractivity contribution in [2.45, 2.75) is 71.8 Å². The molecule has 3 aliphatic heterocycles. The third kappa shape index (κ3) is 3.92. The number of carbonyl (C=O) groups excluding carboxylic acids is 2. The van der Waals surface area contributed by atoms with Crippen LogP contribution in [0.4, 0.5) is 4.79 Å². The van der Waals surface area contributed by atoms with Crippen molar-refractivity contribution < 1.29 is 14.3 Å². The summed E-state index contributed by atoms with van der Waals surface area (Å²) in [4.78, 5) is 30.9. The molecule has 0 aromatic rings. The Labute approximate surface area is 175 Å². The van der Waals surface area contributed by atoms with Gasteiger partial charge in [0.2, 0.25) is 5.91 Å². The molecule has 2 saturated heterocycles. The molecule has 162 valence electrons. The van der Waals surface area contributed by atoms with Gasteiger partial charge < -0.3 is 19.4 Å². The summed E-state index contributed by atoms with van der Waals surface area (Å²) in [5, 5.41) is 0. The molecule has 4 rings (SSSR count). The summed E-state index contributed by atoms with van der Waals surface area (Å²) < 4.78 is 5.15. The molecule has 1 atom stereocenters. The van der Waals surface area contributed by atoms with E-state index in [1.807, 2.05) is 11.8 Å². The molecule has 0 N–H and O–H groups in total. The summed E-state index contributed by atoms with van der Waals surface area (Å²) in [6, 6.07) is 0.571. The molecule has 1 spiro atoms. The summed E-state index contributed by atoms with van der Waals surface area (Å²) >= 11 is 0. The van der Waals surface area contributed by atoms with E-state index in [-0.39, 0.29) is 17.4 Å². The lowest BCUT2D eigenvalue weighted by molar-refractivity contribution is -0.127. The highest BCUT2D eigenvalue weighted by molar-refractivity contribution is 5.76. The van der Waals surface area contributed by atoms with Gasteiger partial charge in [-0.2, -0.15) is 0 Å². The fraction of sp³-hybridized carbons (Fsp3) is 0.826. The van der Waals surface area contributed by atoms with Crippen molar-refractivity contribution in [1.82, 2.24) is 14.7 Å². The van der Waals surface area contributed by atoms with Crippen LogP contribution < -0.4 is 0 Å². The molecule has 1 aliphatic carbocycles. The predicted octanol–water partition coefficient (Wildman–Crippen LogP) is 3.63. The fourth-order valence-corrected chi connectivity index (χ4v) is 6.12. The number of rotatable bonds is 2. The Hall–Kier alpha value is -1.56. The number of piperidine rings is 2. The Kier molecular flexibility index (Phi) is 5.92. The highest BCUT2D eigenvalue weighted by atomic mass is 16.6. The van der Waals surface area contributed by atoms with E-state index in [0.717, 1.165) is 57.9 Å². The predicted molar refractivity (Wildman–Crippen MR) is 112 cm³/mol. The number of hydrogen-bond acceptors (Lipinski definition) is 4. The number of amides is 2. The molecule has 2 amide bonds. The summed E-state index contributed by atoms with van der Waals surface area (Å²) in [6.07, 6.45) is 7.72. The Balaban J connectivity index is 1.38. The van der Waals surface area contributed by atoms with Crippen molar-refractivity contribution in [3.63, 3.8) is 0 Å². The molecule has 6 nitrogen and oxygen atoms in total. The lowest BCUT2D eigenvalue weighted by Gasteiger charge is -2.46. The second-order valence-electron chi connectivity index (χ2n) is 9.61. The molecular weight excluding hydrogens is 366 g/mol. The average molecular weight is 404 g/mol. The van der Waals surface area contributed by atoms with Gasteiger partial charge >= 0.3 is 6.09 Å². The van der Waals surface area contributed by atoms with Gasteiger partial charge in [0.25, 0.3) is 0 Å². The first-order valence-corrected chi connectivity index (χ1v) is 11.6. The largest absolute Gasteiger partial charge is 0.450 e. The van der Waals surface area contributed by atoms with E-state index in [1.54, 1.807) is 12.5 Å². The van der Waals surface area contributed by atoms with Gasteiger partial charge in [-0.15, -0.1) is 0 Å². The van der Waals surface area contributed by atoms with Crippen LogP contribution in [0, 0.1) is 11.3 Å². The molecule has 3 heterocycles. The summed E-state index contributed by atoms with van der Waals surface area (Å²) in [7, 11) is 0. The van der Waals surface area contributed by atoms with Crippen molar-refractivity contribution in [3.8, 4) is 0 Å². The third-order valence-corrected chi connectivity index (χ3v) is 7.84. The zero-order chi connectivity index (χ0) is 20.6. The van der Waals surface area contributed by atoms with E-state index in [0.29, 0.717) is 12.6 Å². The van der Waals surface area contributed by atoms with E-state index >= 15 is 0 Å². The van der Waals surface area contributed by atoms with Gasteiger partial charge in [0.15, 0.2) is 0 Å². The van der Waals surface area contributed by atoms with Gasteiger partial charge in [-0.3, -0.25) is 4.79 Å². The van der Waals surface area contributed by atoms with Crippen molar-refractivity contribution in [2.24, 2.45) is 11.3 Å². The molecule has 1 unspecified atom stereocenters. The van der Waals surface area contributed by atoms with Gasteiger partial charge in [-0.05, 0) is 76.5 Å². The number of allylic oxidation sites excluding steroid dienone is 1. The fourth-order valence-electron chi connectivity index (χ4n) is 6.12. The zero-order valence-corrected chi connectivity index (χ0v) is 18.4. The summed E-state index contributed by atoms with van der Waals surface area (Å²) in [5.41, 5.74) is 3.20. The SMILES string of the molecule is CCOC(=O)N1CCC(N2CCC3(CC2)CN(C(C)=O)C2=C3CC(C)CC2)CC1. The van der Waals surface area contributed by atoms with Gasteiger partial charge in [0.1, 0.15) is 0 Å². The minimum absolute atomic E-state index is 0.162. The number of fused-ring (bicyclic) bond motifs is 1. The van der Waals surface area contributed by atoms with Crippen LogP contribution in [0.15, 0.2) is 11.3 Å². The molecule has 0 bridgehead atoms. The van der Waals surface area contributed by atoms with Crippen molar-refractivity contribution in [3.05, 3.63) is 11.3 Å². The van der Waals surface area contributed by atoms with E-state index in [9.17, 15) is 9.59 Å². The minimum Gasteiger partial charge on any atom is -0.450 e. The number of likely N-dealkylation sites (tertiary alicyclic amines) is 2. The maximum Gasteiger partial charge on any atom is 0.409 e.